The van der Waals surface area contributed by atoms with Crippen LogP contribution in [0.25, 0.3) is 5.57 Å². The second kappa shape index (κ2) is 9.06. The maximum absolute atomic E-state index is 13.9. The first kappa shape index (κ1) is 21.8. The van der Waals surface area contributed by atoms with Crippen molar-refractivity contribution in [2.75, 3.05) is 29.6 Å². The van der Waals surface area contributed by atoms with Crippen molar-refractivity contribution in [3.05, 3.63) is 89.6 Å². The SMILES string of the molecule is CCOc1ccc(N2C(=O)C(c3ccccc3)=C(N3CCc4ccccc43)C2=O)cc1OCC. The predicted octanol–water partition coefficient (Wildman–Crippen LogP) is 4.83. The Labute approximate surface area is 199 Å². The Morgan fingerprint density at radius 3 is 2.26 bits per heavy atom. The first-order valence-electron chi connectivity index (χ1n) is 11.6. The second-order valence-electron chi connectivity index (χ2n) is 8.06. The molecule has 3 aromatic carbocycles. The van der Waals surface area contributed by atoms with Crippen molar-refractivity contribution in [2.45, 2.75) is 20.3 Å². The van der Waals surface area contributed by atoms with Crippen LogP contribution in [-0.4, -0.2) is 31.6 Å². The molecule has 172 valence electrons. The van der Waals surface area contributed by atoms with E-state index in [4.69, 9.17) is 9.47 Å². The zero-order chi connectivity index (χ0) is 23.7. The Balaban J connectivity index is 1.62. The third kappa shape index (κ3) is 3.61. The third-order valence-electron chi connectivity index (χ3n) is 6.06. The summed E-state index contributed by atoms with van der Waals surface area (Å²) in [7, 11) is 0. The van der Waals surface area contributed by atoms with Gasteiger partial charge in [-0.3, -0.25) is 9.59 Å². The molecule has 0 spiro atoms. The van der Waals surface area contributed by atoms with Crippen LogP contribution in [0.15, 0.2) is 78.5 Å². The van der Waals surface area contributed by atoms with Crippen LogP contribution in [0.2, 0.25) is 0 Å². The number of carbonyl (C=O) groups is 2. The van der Waals surface area contributed by atoms with E-state index in [0.29, 0.717) is 48.2 Å². The van der Waals surface area contributed by atoms with Gasteiger partial charge in [-0.25, -0.2) is 4.90 Å². The topological polar surface area (TPSA) is 59.1 Å². The number of rotatable bonds is 7. The highest BCUT2D eigenvalue weighted by Gasteiger charge is 2.44. The van der Waals surface area contributed by atoms with Crippen LogP contribution in [0, 0.1) is 0 Å². The summed E-state index contributed by atoms with van der Waals surface area (Å²) in [6.07, 6.45) is 0.820. The van der Waals surface area contributed by atoms with Crippen molar-refractivity contribution in [3.63, 3.8) is 0 Å². The van der Waals surface area contributed by atoms with Crippen molar-refractivity contribution < 1.29 is 19.1 Å². The molecule has 0 fully saturated rings. The molecule has 0 saturated carbocycles. The lowest BCUT2D eigenvalue weighted by atomic mass is 10.0. The van der Waals surface area contributed by atoms with Gasteiger partial charge in [0.25, 0.3) is 11.8 Å². The maximum Gasteiger partial charge on any atom is 0.282 e. The third-order valence-corrected chi connectivity index (χ3v) is 6.06. The summed E-state index contributed by atoms with van der Waals surface area (Å²) in [5, 5.41) is 0. The predicted molar refractivity (Wildman–Crippen MR) is 132 cm³/mol. The molecule has 0 aromatic heterocycles. The molecule has 3 aromatic rings. The summed E-state index contributed by atoms with van der Waals surface area (Å²) in [6.45, 7) is 5.35. The van der Waals surface area contributed by atoms with E-state index in [1.807, 2.05) is 67.3 Å². The maximum atomic E-state index is 13.9. The highest BCUT2D eigenvalue weighted by atomic mass is 16.5. The van der Waals surface area contributed by atoms with Crippen molar-refractivity contribution in [3.8, 4) is 11.5 Å². The van der Waals surface area contributed by atoms with Gasteiger partial charge < -0.3 is 14.4 Å². The lowest BCUT2D eigenvalue weighted by Crippen LogP contribution is -2.34. The normalized spacial score (nSPS) is 15.2. The van der Waals surface area contributed by atoms with Crippen molar-refractivity contribution in [1.82, 2.24) is 0 Å². The highest BCUT2D eigenvalue weighted by molar-refractivity contribution is 6.46. The Hall–Kier alpha value is -4.06. The number of fused-ring (bicyclic) bond motifs is 1. The van der Waals surface area contributed by atoms with E-state index >= 15 is 0 Å². The van der Waals surface area contributed by atoms with E-state index in [-0.39, 0.29) is 11.8 Å². The summed E-state index contributed by atoms with van der Waals surface area (Å²) < 4.78 is 11.4. The van der Waals surface area contributed by atoms with E-state index in [1.165, 1.54) is 10.5 Å². The molecule has 6 heteroatoms. The van der Waals surface area contributed by atoms with E-state index in [1.54, 1.807) is 18.2 Å². The zero-order valence-electron chi connectivity index (χ0n) is 19.3. The largest absolute Gasteiger partial charge is 0.490 e. The Morgan fingerprint density at radius 1 is 0.794 bits per heavy atom. The lowest BCUT2D eigenvalue weighted by molar-refractivity contribution is -0.120. The lowest BCUT2D eigenvalue weighted by Gasteiger charge is -2.22. The number of hydrogen-bond donors (Lipinski definition) is 0. The summed E-state index contributed by atoms with van der Waals surface area (Å²) in [5.41, 5.74) is 4.13. The van der Waals surface area contributed by atoms with Crippen LogP contribution >= 0.6 is 0 Å². The van der Waals surface area contributed by atoms with Gasteiger partial charge in [0.05, 0.1) is 24.5 Å². The fourth-order valence-electron chi connectivity index (χ4n) is 4.62. The molecule has 0 atom stereocenters. The fraction of sp³-hybridized carbons (Fsp3) is 0.214. The van der Waals surface area contributed by atoms with Crippen molar-refractivity contribution in [2.24, 2.45) is 0 Å². The van der Waals surface area contributed by atoms with Gasteiger partial charge in [0.2, 0.25) is 0 Å². The van der Waals surface area contributed by atoms with Crippen LogP contribution in [0.5, 0.6) is 11.5 Å². The molecule has 0 bridgehead atoms. The summed E-state index contributed by atoms with van der Waals surface area (Å²) in [5.74, 6) is 0.398. The van der Waals surface area contributed by atoms with Crippen LogP contribution in [0.1, 0.15) is 25.0 Å². The number of amides is 2. The van der Waals surface area contributed by atoms with Crippen LogP contribution in [0.4, 0.5) is 11.4 Å². The number of ether oxygens (including phenoxy) is 2. The minimum Gasteiger partial charge on any atom is -0.490 e. The fourth-order valence-corrected chi connectivity index (χ4v) is 4.62. The van der Waals surface area contributed by atoms with Gasteiger partial charge in [0, 0.05) is 18.3 Å². The molecule has 0 radical (unpaired) electrons. The van der Waals surface area contributed by atoms with Crippen LogP contribution in [-0.2, 0) is 16.0 Å². The van der Waals surface area contributed by atoms with Gasteiger partial charge in [-0.1, -0.05) is 48.5 Å². The van der Waals surface area contributed by atoms with Crippen LogP contribution < -0.4 is 19.3 Å². The van der Waals surface area contributed by atoms with E-state index in [2.05, 4.69) is 6.07 Å². The molecular weight excluding hydrogens is 428 g/mol. The average Bonchev–Trinajstić information content (AvgIpc) is 3.39. The zero-order valence-corrected chi connectivity index (χ0v) is 19.3. The van der Waals surface area contributed by atoms with E-state index < -0.39 is 0 Å². The highest BCUT2D eigenvalue weighted by Crippen LogP contribution is 2.41. The first-order chi connectivity index (χ1) is 16.6. The number of imide groups is 1. The molecule has 0 N–H and O–H groups in total. The van der Waals surface area contributed by atoms with Crippen LogP contribution in [0.3, 0.4) is 0 Å². The molecular formula is C28H26N2O4. The molecule has 2 aliphatic rings. The summed E-state index contributed by atoms with van der Waals surface area (Å²) >= 11 is 0. The standard InChI is InChI=1S/C28H26N2O4/c1-3-33-23-15-14-21(18-24(23)34-4-2)30-27(31)25(20-11-6-5-7-12-20)26(28(30)32)29-17-16-19-10-8-9-13-22(19)29/h5-15,18H,3-4,16-17H2,1-2H3. The number of hydrogen-bond acceptors (Lipinski definition) is 5. The minimum absolute atomic E-state index is 0.341. The molecule has 0 unspecified atom stereocenters. The van der Waals surface area contributed by atoms with E-state index in [9.17, 15) is 9.59 Å². The molecule has 6 nitrogen and oxygen atoms in total. The second-order valence-corrected chi connectivity index (χ2v) is 8.06. The smallest absolute Gasteiger partial charge is 0.282 e. The summed E-state index contributed by atoms with van der Waals surface area (Å²) in [6, 6.07) is 22.6. The molecule has 5 rings (SSSR count). The molecule has 2 amide bonds. The minimum atomic E-state index is -0.345. The molecule has 34 heavy (non-hydrogen) atoms. The van der Waals surface area contributed by atoms with Gasteiger partial charge >= 0.3 is 0 Å². The monoisotopic (exact) mass is 454 g/mol. The molecule has 0 saturated heterocycles. The van der Waals surface area contributed by atoms with Gasteiger partial charge in [-0.15, -0.1) is 0 Å². The van der Waals surface area contributed by atoms with Gasteiger partial charge in [0.1, 0.15) is 5.70 Å². The van der Waals surface area contributed by atoms with Gasteiger partial charge in [-0.05, 0) is 49.6 Å². The quantitative estimate of drug-likeness (QED) is 0.479. The Bertz CT molecular complexity index is 1280. The van der Waals surface area contributed by atoms with Gasteiger partial charge in [0.15, 0.2) is 11.5 Å². The molecule has 0 aliphatic carbocycles. The number of carbonyl (C=O) groups excluding carboxylic acids is 2. The number of benzene rings is 3. The average molecular weight is 455 g/mol. The van der Waals surface area contributed by atoms with Crippen molar-refractivity contribution >= 4 is 28.8 Å². The Morgan fingerprint density at radius 2 is 1.50 bits per heavy atom. The summed E-state index contributed by atoms with van der Waals surface area (Å²) in [4.78, 5) is 31.0. The number of para-hydroxylation sites is 1. The first-order valence-corrected chi connectivity index (χ1v) is 11.6. The number of anilines is 2. The Kier molecular flexibility index (Phi) is 5.80. The van der Waals surface area contributed by atoms with E-state index in [0.717, 1.165) is 17.7 Å². The van der Waals surface area contributed by atoms with Crippen molar-refractivity contribution in [1.29, 1.82) is 0 Å². The molecule has 2 heterocycles. The van der Waals surface area contributed by atoms with Gasteiger partial charge in [-0.2, -0.15) is 0 Å². The number of nitrogens with zero attached hydrogens (tertiary/aromatic N) is 2. The molecule has 2 aliphatic heterocycles.